The second-order valence-corrected chi connectivity index (χ2v) is 6.51. The van der Waals surface area contributed by atoms with Crippen molar-refractivity contribution in [1.29, 1.82) is 0 Å². The Morgan fingerprint density at radius 3 is 2.50 bits per heavy atom. The zero-order valence-corrected chi connectivity index (χ0v) is 15.1. The number of rotatable bonds is 8. The number of carbonyl (C=O) groups excluding carboxylic acids is 1. The minimum absolute atomic E-state index is 0.0522. The zero-order chi connectivity index (χ0) is 17.4. The van der Waals surface area contributed by atoms with Gasteiger partial charge in [-0.15, -0.1) is 0 Å². The number of nitrogens with zero attached hydrogens (tertiary/aromatic N) is 3. The number of nitrogens with one attached hydrogen (secondary N) is 2. The largest absolute Gasteiger partial charge is 0.350 e. The fourth-order valence-electron chi connectivity index (χ4n) is 2.26. The molecule has 2 aromatic heterocycles. The first-order chi connectivity index (χ1) is 11.6. The summed E-state index contributed by atoms with van der Waals surface area (Å²) < 4.78 is 0. The minimum atomic E-state index is -0.361. The normalized spacial score (nSPS) is 11.8. The van der Waals surface area contributed by atoms with Gasteiger partial charge in [-0.25, -0.2) is 9.97 Å². The maximum atomic E-state index is 12.5. The third-order valence-electron chi connectivity index (χ3n) is 3.43. The van der Waals surface area contributed by atoms with Gasteiger partial charge in [0, 0.05) is 30.3 Å². The molecule has 2 heterocycles. The molecule has 1 amide bonds. The van der Waals surface area contributed by atoms with E-state index in [2.05, 4.69) is 25.6 Å². The summed E-state index contributed by atoms with van der Waals surface area (Å²) in [7, 11) is 0. The fraction of sp³-hybridized carbons (Fsp3) is 0.412. The van der Waals surface area contributed by atoms with Crippen LogP contribution < -0.4 is 10.6 Å². The van der Waals surface area contributed by atoms with Crippen molar-refractivity contribution in [2.24, 2.45) is 0 Å². The Hall–Kier alpha value is -2.15. The zero-order valence-electron chi connectivity index (χ0n) is 14.2. The van der Waals surface area contributed by atoms with Crippen LogP contribution in [0.5, 0.6) is 0 Å². The summed E-state index contributed by atoms with van der Waals surface area (Å²) in [5, 5.41) is 6.13. The first kappa shape index (κ1) is 18.2. The van der Waals surface area contributed by atoms with Crippen molar-refractivity contribution in [2.75, 3.05) is 17.3 Å². The average Bonchev–Trinajstić information content (AvgIpc) is 2.56. The molecule has 0 aliphatic carbocycles. The fourth-order valence-corrected chi connectivity index (χ4v) is 2.74. The minimum Gasteiger partial charge on any atom is -0.350 e. The van der Waals surface area contributed by atoms with Crippen LogP contribution in [0.3, 0.4) is 0 Å². The smallest absolute Gasteiger partial charge is 0.242 e. The van der Waals surface area contributed by atoms with Gasteiger partial charge in [-0.2, -0.15) is 11.8 Å². The van der Waals surface area contributed by atoms with Gasteiger partial charge in [0.25, 0.3) is 0 Å². The van der Waals surface area contributed by atoms with Gasteiger partial charge >= 0.3 is 0 Å². The first-order valence-corrected chi connectivity index (χ1v) is 9.22. The lowest BCUT2D eigenvalue weighted by Crippen LogP contribution is -2.40. The standard InChI is InChI=1S/C17H23N5OS/c1-12-10-13(2)21-17(20-12)22-15(6-9-24-3)16(23)19-11-14-4-7-18-8-5-14/h4-5,7-8,10,15H,6,9,11H2,1-3H3,(H,19,23)(H,20,21,22)/t15-/m1/s1. The van der Waals surface area contributed by atoms with Gasteiger partial charge in [-0.05, 0) is 56.0 Å². The Kier molecular flexibility index (Phi) is 6.99. The molecule has 7 heteroatoms. The molecule has 2 N–H and O–H groups in total. The Morgan fingerprint density at radius 2 is 1.88 bits per heavy atom. The molecular weight excluding hydrogens is 322 g/mol. The van der Waals surface area contributed by atoms with Crippen LogP contribution in [0.4, 0.5) is 5.95 Å². The van der Waals surface area contributed by atoms with E-state index in [1.807, 2.05) is 38.3 Å². The number of carbonyl (C=O) groups is 1. The van der Waals surface area contributed by atoms with E-state index in [-0.39, 0.29) is 11.9 Å². The van der Waals surface area contributed by atoms with Gasteiger partial charge in [0.15, 0.2) is 0 Å². The van der Waals surface area contributed by atoms with Crippen LogP contribution in [0, 0.1) is 13.8 Å². The number of amides is 1. The van der Waals surface area contributed by atoms with E-state index < -0.39 is 0 Å². The molecule has 1 atom stereocenters. The SMILES string of the molecule is CSCC[C@@H](Nc1nc(C)cc(C)n1)C(=O)NCc1ccncc1. The molecule has 2 aromatic rings. The maximum Gasteiger partial charge on any atom is 0.242 e. The lowest BCUT2D eigenvalue weighted by molar-refractivity contribution is -0.122. The number of aromatic nitrogens is 3. The highest BCUT2D eigenvalue weighted by molar-refractivity contribution is 7.98. The van der Waals surface area contributed by atoms with E-state index in [4.69, 9.17) is 0 Å². The van der Waals surface area contributed by atoms with Gasteiger partial charge in [0.05, 0.1) is 0 Å². The van der Waals surface area contributed by atoms with Crippen molar-refractivity contribution in [1.82, 2.24) is 20.3 Å². The summed E-state index contributed by atoms with van der Waals surface area (Å²) in [6, 6.07) is 5.32. The Morgan fingerprint density at radius 1 is 1.21 bits per heavy atom. The second kappa shape index (κ2) is 9.22. The summed E-state index contributed by atoms with van der Waals surface area (Å²) >= 11 is 1.71. The van der Waals surface area contributed by atoms with Crippen LogP contribution in [0.15, 0.2) is 30.6 Å². The number of aryl methyl sites for hydroxylation is 2. The Bertz CT molecular complexity index is 645. The molecule has 128 valence electrons. The second-order valence-electron chi connectivity index (χ2n) is 5.53. The summed E-state index contributed by atoms with van der Waals surface area (Å²) in [6.45, 7) is 4.31. The van der Waals surface area contributed by atoms with E-state index >= 15 is 0 Å². The molecule has 0 aliphatic heterocycles. The summed E-state index contributed by atoms with van der Waals surface area (Å²) in [5.41, 5.74) is 2.78. The van der Waals surface area contributed by atoms with E-state index in [1.165, 1.54) is 0 Å². The van der Waals surface area contributed by atoms with Crippen LogP contribution >= 0.6 is 11.8 Å². The van der Waals surface area contributed by atoms with E-state index in [9.17, 15) is 4.79 Å². The van der Waals surface area contributed by atoms with Gasteiger partial charge in [-0.3, -0.25) is 9.78 Å². The van der Waals surface area contributed by atoms with Gasteiger partial charge in [0.2, 0.25) is 11.9 Å². The highest BCUT2D eigenvalue weighted by atomic mass is 32.2. The number of pyridine rings is 1. The maximum absolute atomic E-state index is 12.5. The van der Waals surface area contributed by atoms with E-state index in [1.54, 1.807) is 24.2 Å². The molecule has 6 nitrogen and oxygen atoms in total. The van der Waals surface area contributed by atoms with Crippen LogP contribution in [0.1, 0.15) is 23.4 Å². The molecule has 0 radical (unpaired) electrons. The molecule has 0 fully saturated rings. The number of hydrogen-bond acceptors (Lipinski definition) is 6. The van der Waals surface area contributed by atoms with E-state index in [0.29, 0.717) is 18.9 Å². The molecule has 0 saturated carbocycles. The van der Waals surface area contributed by atoms with Gasteiger partial charge < -0.3 is 10.6 Å². The summed E-state index contributed by atoms with van der Waals surface area (Å²) in [4.78, 5) is 25.2. The summed E-state index contributed by atoms with van der Waals surface area (Å²) in [5.74, 6) is 1.33. The van der Waals surface area contributed by atoms with Crippen LogP contribution in [0.25, 0.3) is 0 Å². The van der Waals surface area contributed by atoms with Gasteiger partial charge in [-0.1, -0.05) is 0 Å². The Labute approximate surface area is 146 Å². The third-order valence-corrected chi connectivity index (χ3v) is 4.07. The van der Waals surface area contributed by atoms with Crippen molar-refractivity contribution in [3.8, 4) is 0 Å². The van der Waals surface area contributed by atoms with E-state index in [0.717, 1.165) is 22.7 Å². The molecule has 0 bridgehead atoms. The molecule has 0 aromatic carbocycles. The van der Waals surface area contributed by atoms with Crippen molar-refractivity contribution in [2.45, 2.75) is 32.9 Å². The lowest BCUT2D eigenvalue weighted by Gasteiger charge is -2.18. The van der Waals surface area contributed by atoms with Crippen LogP contribution in [0.2, 0.25) is 0 Å². The molecule has 24 heavy (non-hydrogen) atoms. The highest BCUT2D eigenvalue weighted by Crippen LogP contribution is 2.10. The molecule has 0 aliphatic rings. The highest BCUT2D eigenvalue weighted by Gasteiger charge is 2.19. The number of thioether (sulfide) groups is 1. The molecule has 0 spiro atoms. The lowest BCUT2D eigenvalue weighted by atomic mass is 10.2. The van der Waals surface area contributed by atoms with Crippen LogP contribution in [-0.2, 0) is 11.3 Å². The van der Waals surface area contributed by atoms with Gasteiger partial charge in [0.1, 0.15) is 6.04 Å². The predicted molar refractivity (Wildman–Crippen MR) is 98.0 cm³/mol. The number of anilines is 1. The molecule has 2 rings (SSSR count). The van der Waals surface area contributed by atoms with Crippen LogP contribution in [-0.4, -0.2) is 38.9 Å². The molecular formula is C17H23N5OS. The summed E-state index contributed by atoms with van der Waals surface area (Å²) in [6.07, 6.45) is 6.17. The average molecular weight is 345 g/mol. The molecule has 0 saturated heterocycles. The topological polar surface area (TPSA) is 79.8 Å². The van der Waals surface area contributed by atoms with Crippen molar-refractivity contribution >= 4 is 23.6 Å². The Balaban J connectivity index is 2.01. The van der Waals surface area contributed by atoms with Crippen molar-refractivity contribution in [3.63, 3.8) is 0 Å². The first-order valence-electron chi connectivity index (χ1n) is 7.83. The quantitative estimate of drug-likeness (QED) is 0.764. The number of hydrogen-bond donors (Lipinski definition) is 2. The third kappa shape index (κ3) is 5.81. The van der Waals surface area contributed by atoms with Crippen molar-refractivity contribution in [3.05, 3.63) is 47.5 Å². The predicted octanol–water partition coefficient (Wildman–Crippen LogP) is 2.34. The van der Waals surface area contributed by atoms with Crippen molar-refractivity contribution < 1.29 is 4.79 Å². The molecule has 0 unspecified atom stereocenters. The monoisotopic (exact) mass is 345 g/mol.